The zero-order valence-corrected chi connectivity index (χ0v) is 46.8. The summed E-state index contributed by atoms with van der Waals surface area (Å²) < 4.78 is 24.5. The van der Waals surface area contributed by atoms with E-state index < -0.39 is 24.5 Å². The van der Waals surface area contributed by atoms with Gasteiger partial charge in [-0.15, -0.1) is 6.58 Å². The molecule has 5 aromatic rings. The average molecular weight is 1100 g/mol. The molecule has 0 bridgehead atoms. The van der Waals surface area contributed by atoms with Gasteiger partial charge >= 0.3 is 0 Å². The zero-order valence-electron chi connectivity index (χ0n) is 45.2. The number of anilines is 5. The zero-order chi connectivity index (χ0) is 55.1. The second kappa shape index (κ2) is 25.0. The molecule has 5 aromatic carbocycles. The number of para-hydroxylation sites is 1. The number of nitrogens with one attached hydrogen (secondary N) is 3. The minimum absolute atomic E-state index is 0.0173. The lowest BCUT2D eigenvalue weighted by Crippen LogP contribution is -2.45. The van der Waals surface area contributed by atoms with Crippen LogP contribution in [0.1, 0.15) is 127 Å². The number of hydrogen-bond donors (Lipinski definition) is 5. The number of unbranched alkanes of at least 4 members (excludes halogenated alkanes) is 3. The quantitative estimate of drug-likeness (QED) is 0.0211. The van der Waals surface area contributed by atoms with Crippen molar-refractivity contribution in [2.75, 3.05) is 45.7 Å². The van der Waals surface area contributed by atoms with Crippen LogP contribution in [0.4, 0.5) is 28.4 Å². The van der Waals surface area contributed by atoms with Crippen molar-refractivity contribution >= 4 is 73.5 Å². The number of aliphatic hydroxyl groups is 2. The number of rotatable bonds is 25. The fourth-order valence-corrected chi connectivity index (χ4v) is 13.5. The number of carbonyl (C=O) groups excluding carboxylic acids is 4. The van der Waals surface area contributed by atoms with Crippen molar-refractivity contribution in [3.63, 3.8) is 0 Å². The number of benzene rings is 5. The molecule has 15 nitrogen and oxygen atoms in total. The molecular weight excluding hydrogens is 1030 g/mol. The Bertz CT molecular complexity index is 3060. The Balaban J connectivity index is 0.929. The van der Waals surface area contributed by atoms with Gasteiger partial charge < -0.3 is 59.7 Å². The predicted octanol–water partition coefficient (Wildman–Crippen LogP) is 11.4. The van der Waals surface area contributed by atoms with Crippen LogP contribution >= 0.6 is 21.6 Å². The summed E-state index contributed by atoms with van der Waals surface area (Å²) in [5.74, 6) is 1.71. The molecule has 78 heavy (non-hydrogen) atoms. The Kier molecular flexibility index (Phi) is 18.0. The summed E-state index contributed by atoms with van der Waals surface area (Å²) in [5.41, 5.74) is 8.14. The number of methoxy groups -OCH3 is 2. The van der Waals surface area contributed by atoms with Crippen molar-refractivity contribution < 1.29 is 48.3 Å². The third-order valence-corrected chi connectivity index (χ3v) is 18.2. The molecule has 17 heteroatoms. The standard InChI is InChI=1S/C61H71N5O10S2/c1-7-8-9-10-11-17-38-21-22-49-42(26-38)30-51-58(70)64-47-34-55(53(74-6)32-45(47)60(72)66(49)51)76-36-40-25-39(27-43(28-40)62-56(68)20-14-23-61(3,4)78-77-24-15-16-37(2)67)35-75-54-33-46-44(31-52(54)73-5)59(71)65-48-19-13-12-18-41(48)29-50(65)57(69)63-46/h7,12-13,18-19,21-22,25-28,31-34,50-51,57-58,63-64,69-70H,1,8-11,14-17,20,23-24,29-30,35-36H2,2-6H3,(H,62,68)/t50-,51-,57?,58?/m0/s1. The summed E-state index contributed by atoms with van der Waals surface area (Å²) in [6.45, 7) is 9.81. The smallest absolute Gasteiger partial charge is 0.260 e. The van der Waals surface area contributed by atoms with Crippen LogP contribution in [-0.2, 0) is 42.1 Å². The Morgan fingerprint density at radius 2 is 1.32 bits per heavy atom. The fraction of sp³-hybridized carbons (Fsp3) is 0.410. The Morgan fingerprint density at radius 1 is 0.718 bits per heavy atom. The summed E-state index contributed by atoms with van der Waals surface area (Å²) in [4.78, 5) is 57.0. The third-order valence-electron chi connectivity index (χ3n) is 14.7. The van der Waals surface area contributed by atoms with Gasteiger partial charge in [0.1, 0.15) is 31.5 Å². The van der Waals surface area contributed by atoms with Crippen molar-refractivity contribution in [2.45, 2.75) is 140 Å². The molecule has 2 unspecified atom stereocenters. The highest BCUT2D eigenvalue weighted by Crippen LogP contribution is 2.45. The van der Waals surface area contributed by atoms with Crippen LogP contribution in [0.25, 0.3) is 0 Å². The van der Waals surface area contributed by atoms with Gasteiger partial charge in [-0.25, -0.2) is 0 Å². The van der Waals surface area contributed by atoms with Crippen LogP contribution in [-0.4, -0.2) is 83.0 Å². The van der Waals surface area contributed by atoms with Gasteiger partial charge in [-0.3, -0.25) is 14.4 Å². The van der Waals surface area contributed by atoms with E-state index in [0.29, 0.717) is 94.4 Å². The van der Waals surface area contributed by atoms with Crippen LogP contribution < -0.4 is 44.7 Å². The molecule has 0 saturated carbocycles. The van der Waals surface area contributed by atoms with E-state index >= 15 is 0 Å². The Morgan fingerprint density at radius 3 is 1.92 bits per heavy atom. The first-order valence-electron chi connectivity index (χ1n) is 26.9. The summed E-state index contributed by atoms with van der Waals surface area (Å²) in [6, 6.07) is 25.0. The number of amides is 3. The van der Waals surface area contributed by atoms with Gasteiger partial charge in [-0.05, 0) is 149 Å². The first-order valence-corrected chi connectivity index (χ1v) is 29.2. The van der Waals surface area contributed by atoms with Crippen molar-refractivity contribution in [3.05, 3.63) is 137 Å². The van der Waals surface area contributed by atoms with Gasteiger partial charge in [0, 0.05) is 52.5 Å². The molecule has 4 atom stereocenters. The molecule has 5 N–H and O–H groups in total. The maximum Gasteiger partial charge on any atom is 0.260 e. The minimum Gasteiger partial charge on any atom is -0.493 e. The van der Waals surface area contributed by atoms with Gasteiger partial charge in [-0.2, -0.15) is 0 Å². The molecule has 4 heterocycles. The van der Waals surface area contributed by atoms with Gasteiger partial charge in [0.05, 0.1) is 48.8 Å². The highest BCUT2D eigenvalue weighted by molar-refractivity contribution is 8.77. The highest BCUT2D eigenvalue weighted by atomic mass is 33.1. The third kappa shape index (κ3) is 12.9. The number of Topliss-reactive ketones (excluding diaryl/α,β-unsaturated/α-hetero) is 1. The lowest BCUT2D eigenvalue weighted by Gasteiger charge is -2.26. The molecule has 3 amide bonds. The second-order valence-electron chi connectivity index (χ2n) is 21.1. The topological polar surface area (TPSA) is 188 Å². The molecular formula is C61H71N5O10S2. The molecule has 4 aliphatic rings. The first kappa shape index (κ1) is 56.1. The number of nitrogens with zero attached hydrogens (tertiary/aromatic N) is 2. The molecule has 0 spiro atoms. The van der Waals surface area contributed by atoms with Crippen LogP contribution in [0.15, 0.2) is 97.6 Å². The predicted molar refractivity (Wildman–Crippen MR) is 311 cm³/mol. The maximum atomic E-state index is 14.5. The number of fused-ring (bicyclic) bond motifs is 8. The number of aliphatic hydroxyl groups excluding tert-OH is 2. The summed E-state index contributed by atoms with van der Waals surface area (Å²) in [7, 11) is 6.55. The summed E-state index contributed by atoms with van der Waals surface area (Å²) in [5, 5.41) is 32.5. The molecule has 0 aliphatic carbocycles. The molecule has 9 rings (SSSR count). The van der Waals surface area contributed by atoms with Crippen molar-refractivity contribution in [1.29, 1.82) is 0 Å². The van der Waals surface area contributed by atoms with Crippen LogP contribution in [0.5, 0.6) is 23.0 Å². The minimum atomic E-state index is -1.07. The molecule has 0 fully saturated rings. The lowest BCUT2D eigenvalue weighted by molar-refractivity contribution is -0.117. The average Bonchev–Trinajstić information content (AvgIpc) is 4.10. The van der Waals surface area contributed by atoms with E-state index in [9.17, 15) is 29.4 Å². The molecule has 4 aliphatic heterocycles. The van der Waals surface area contributed by atoms with Gasteiger partial charge in [0.2, 0.25) is 5.91 Å². The highest BCUT2D eigenvalue weighted by Gasteiger charge is 2.44. The van der Waals surface area contributed by atoms with E-state index in [1.807, 2.05) is 54.6 Å². The van der Waals surface area contributed by atoms with E-state index in [0.717, 1.165) is 73.2 Å². The monoisotopic (exact) mass is 1100 g/mol. The number of ether oxygens (including phenoxy) is 4. The molecule has 0 aromatic heterocycles. The number of ketones is 1. The lowest BCUT2D eigenvalue weighted by atomic mass is 10.0. The number of aryl methyl sites for hydroxylation is 1. The van der Waals surface area contributed by atoms with E-state index in [1.54, 1.807) is 62.6 Å². The normalized spacial score (nSPS) is 17.9. The van der Waals surface area contributed by atoms with E-state index in [1.165, 1.54) is 19.8 Å². The van der Waals surface area contributed by atoms with Crippen LogP contribution in [0, 0.1) is 0 Å². The molecule has 0 radical (unpaired) electrons. The van der Waals surface area contributed by atoms with Gasteiger partial charge in [-0.1, -0.05) is 64.4 Å². The van der Waals surface area contributed by atoms with E-state index in [-0.39, 0.29) is 41.5 Å². The van der Waals surface area contributed by atoms with Crippen molar-refractivity contribution in [3.8, 4) is 23.0 Å². The van der Waals surface area contributed by atoms with Gasteiger partial charge in [0.25, 0.3) is 11.8 Å². The summed E-state index contributed by atoms with van der Waals surface area (Å²) >= 11 is 0. The largest absolute Gasteiger partial charge is 0.493 e. The SMILES string of the molecule is C=CCCCCCc1ccc2c(c1)C[C@H]1C(O)Nc3cc(OCc4cc(COc5cc6c(cc5OC)C(=O)N5c7ccccc7C[C@H]5C(O)N6)cc(NC(=O)CCCC(C)(C)SSCCCC(C)=O)c4)c(OC)cc3C(=O)N21. The maximum absolute atomic E-state index is 14.5. The molecule has 0 saturated heterocycles. The Hall–Kier alpha value is -6.66. The fourth-order valence-electron chi connectivity index (χ4n) is 10.8. The number of hydrogen-bond acceptors (Lipinski definition) is 14. The number of allylic oxidation sites excluding steroid dienone is 1. The summed E-state index contributed by atoms with van der Waals surface area (Å²) in [6.07, 6.45) is 9.28. The van der Waals surface area contributed by atoms with E-state index in [2.05, 4.69) is 48.5 Å². The second-order valence-corrected chi connectivity index (χ2v) is 24.3. The van der Waals surface area contributed by atoms with Crippen molar-refractivity contribution in [2.24, 2.45) is 0 Å². The van der Waals surface area contributed by atoms with Crippen LogP contribution in [0.3, 0.4) is 0 Å². The first-order chi connectivity index (χ1) is 37.6. The number of carbonyl (C=O) groups is 4. The Labute approximate surface area is 465 Å². The van der Waals surface area contributed by atoms with Gasteiger partial charge in [0.15, 0.2) is 23.0 Å². The van der Waals surface area contributed by atoms with Crippen molar-refractivity contribution in [1.82, 2.24) is 0 Å². The van der Waals surface area contributed by atoms with E-state index in [4.69, 9.17) is 18.9 Å². The van der Waals surface area contributed by atoms with Crippen LogP contribution in [0.2, 0.25) is 0 Å². The molecule has 412 valence electrons.